The van der Waals surface area contributed by atoms with Crippen LogP contribution >= 0.6 is 35.4 Å². The topological polar surface area (TPSA) is 71.6 Å². The van der Waals surface area contributed by atoms with E-state index < -0.39 is 0 Å². The molecule has 2 aromatic rings. The quantitative estimate of drug-likeness (QED) is 0.545. The number of carbonyl (C=O) groups is 1. The van der Waals surface area contributed by atoms with Gasteiger partial charge in [-0.2, -0.15) is 0 Å². The molecular formula is C15H11Cl2N3O3S. The summed E-state index contributed by atoms with van der Waals surface area (Å²) in [4.78, 5) is 12.1. The first kappa shape index (κ1) is 16.6. The van der Waals surface area contributed by atoms with Crippen LogP contribution in [0, 0.1) is 0 Å². The average molecular weight is 384 g/mol. The lowest BCUT2D eigenvalue weighted by Crippen LogP contribution is -2.43. The van der Waals surface area contributed by atoms with Crippen molar-refractivity contribution in [3.63, 3.8) is 0 Å². The number of anilines is 1. The summed E-state index contributed by atoms with van der Waals surface area (Å²) in [6.07, 6.45) is 0. The highest BCUT2D eigenvalue weighted by molar-refractivity contribution is 7.80. The van der Waals surface area contributed by atoms with Crippen LogP contribution in [0.2, 0.25) is 10.0 Å². The van der Waals surface area contributed by atoms with Gasteiger partial charge in [-0.3, -0.25) is 15.6 Å². The maximum atomic E-state index is 12.1. The summed E-state index contributed by atoms with van der Waals surface area (Å²) in [5.74, 6) is 0.746. The minimum Gasteiger partial charge on any atom is -0.454 e. The predicted octanol–water partition coefficient (Wildman–Crippen LogP) is 3.35. The van der Waals surface area contributed by atoms with Crippen LogP contribution in [-0.4, -0.2) is 17.8 Å². The molecule has 24 heavy (non-hydrogen) atoms. The van der Waals surface area contributed by atoms with Crippen molar-refractivity contribution in [1.82, 2.24) is 10.9 Å². The van der Waals surface area contributed by atoms with Gasteiger partial charge < -0.3 is 14.8 Å². The van der Waals surface area contributed by atoms with Crippen LogP contribution in [0.25, 0.3) is 0 Å². The summed E-state index contributed by atoms with van der Waals surface area (Å²) in [5.41, 5.74) is 6.00. The number of ether oxygens (including phenoxy) is 2. The summed E-state index contributed by atoms with van der Waals surface area (Å²) >= 11 is 17.1. The van der Waals surface area contributed by atoms with Gasteiger partial charge in [0.15, 0.2) is 16.6 Å². The molecule has 9 heteroatoms. The van der Waals surface area contributed by atoms with Crippen molar-refractivity contribution in [2.24, 2.45) is 0 Å². The molecule has 1 aliphatic rings. The molecule has 0 radical (unpaired) electrons. The Morgan fingerprint density at radius 2 is 1.88 bits per heavy atom. The Labute approximate surface area is 153 Å². The summed E-state index contributed by atoms with van der Waals surface area (Å²) in [6.45, 7) is 0.146. The first-order valence-corrected chi connectivity index (χ1v) is 7.92. The van der Waals surface area contributed by atoms with Gasteiger partial charge in [0.05, 0.1) is 15.7 Å². The molecule has 3 rings (SSSR count). The van der Waals surface area contributed by atoms with Gasteiger partial charge in [0.2, 0.25) is 6.79 Å². The molecule has 0 unspecified atom stereocenters. The van der Waals surface area contributed by atoms with E-state index in [9.17, 15) is 4.79 Å². The van der Waals surface area contributed by atoms with Crippen LogP contribution in [0.3, 0.4) is 0 Å². The van der Waals surface area contributed by atoms with Crippen molar-refractivity contribution in [2.75, 3.05) is 12.1 Å². The number of rotatable bonds is 2. The summed E-state index contributed by atoms with van der Waals surface area (Å²) < 4.78 is 10.4. The highest BCUT2D eigenvalue weighted by atomic mass is 35.5. The zero-order chi connectivity index (χ0) is 17.1. The molecule has 0 atom stereocenters. The molecule has 3 N–H and O–H groups in total. The Morgan fingerprint density at radius 1 is 1.08 bits per heavy atom. The molecule has 1 aliphatic heterocycles. The first-order chi connectivity index (χ1) is 11.5. The lowest BCUT2D eigenvalue weighted by Gasteiger charge is -2.13. The number of fused-ring (bicyclic) bond motifs is 1. The molecule has 0 saturated heterocycles. The Kier molecular flexibility index (Phi) is 4.94. The Morgan fingerprint density at radius 3 is 2.71 bits per heavy atom. The second kappa shape index (κ2) is 7.12. The number of hydrazine groups is 1. The predicted molar refractivity (Wildman–Crippen MR) is 95.8 cm³/mol. The Balaban J connectivity index is 1.58. The summed E-state index contributed by atoms with van der Waals surface area (Å²) in [7, 11) is 0. The average Bonchev–Trinajstić information content (AvgIpc) is 3.04. The third-order valence-corrected chi connectivity index (χ3v) is 4.15. The van der Waals surface area contributed by atoms with Crippen molar-refractivity contribution in [3.05, 3.63) is 52.0 Å². The normalized spacial score (nSPS) is 11.8. The molecule has 2 aromatic carbocycles. The SMILES string of the molecule is O=C(NNC(=S)Nc1cccc(Cl)c1Cl)c1ccc2c(c1)OCO2. The van der Waals surface area contributed by atoms with E-state index in [0.29, 0.717) is 32.8 Å². The van der Waals surface area contributed by atoms with E-state index in [0.717, 1.165) is 0 Å². The minimum atomic E-state index is -0.380. The number of thiocarbonyl (C=S) groups is 1. The van der Waals surface area contributed by atoms with Gasteiger partial charge in [-0.1, -0.05) is 29.3 Å². The fourth-order valence-corrected chi connectivity index (χ4v) is 2.49. The largest absolute Gasteiger partial charge is 0.454 e. The van der Waals surface area contributed by atoms with Gasteiger partial charge in [0.1, 0.15) is 0 Å². The minimum absolute atomic E-state index is 0.146. The molecule has 124 valence electrons. The Bertz CT molecular complexity index is 817. The van der Waals surface area contributed by atoms with Crippen LogP contribution in [-0.2, 0) is 0 Å². The number of hydrogen-bond acceptors (Lipinski definition) is 4. The van der Waals surface area contributed by atoms with Gasteiger partial charge in [0, 0.05) is 5.56 Å². The molecule has 0 aliphatic carbocycles. The van der Waals surface area contributed by atoms with E-state index in [1.807, 2.05) is 0 Å². The standard InChI is InChI=1S/C15H11Cl2N3O3S/c16-9-2-1-3-10(13(9)17)18-15(24)20-19-14(21)8-4-5-11-12(6-8)23-7-22-11/h1-6H,7H2,(H,19,21)(H2,18,20,24). The van der Waals surface area contributed by atoms with Crippen molar-refractivity contribution < 1.29 is 14.3 Å². The highest BCUT2D eigenvalue weighted by Crippen LogP contribution is 2.32. The van der Waals surface area contributed by atoms with Crippen LogP contribution in [0.15, 0.2) is 36.4 Å². The van der Waals surface area contributed by atoms with E-state index >= 15 is 0 Å². The van der Waals surface area contributed by atoms with Gasteiger partial charge >= 0.3 is 0 Å². The van der Waals surface area contributed by atoms with E-state index in [4.69, 9.17) is 44.9 Å². The van der Waals surface area contributed by atoms with Gasteiger partial charge in [-0.25, -0.2) is 0 Å². The molecule has 6 nitrogen and oxygen atoms in total. The smallest absolute Gasteiger partial charge is 0.269 e. The van der Waals surface area contributed by atoms with Crippen LogP contribution < -0.4 is 25.6 Å². The third kappa shape index (κ3) is 3.64. The number of halogens is 2. The second-order valence-corrected chi connectivity index (χ2v) is 5.90. The summed E-state index contributed by atoms with van der Waals surface area (Å²) in [6, 6.07) is 9.97. The molecule has 0 bridgehead atoms. The van der Waals surface area contributed by atoms with E-state index in [2.05, 4.69) is 16.2 Å². The second-order valence-electron chi connectivity index (χ2n) is 4.70. The zero-order valence-corrected chi connectivity index (χ0v) is 14.4. The van der Waals surface area contributed by atoms with Crippen molar-refractivity contribution in [2.45, 2.75) is 0 Å². The maximum Gasteiger partial charge on any atom is 0.269 e. The molecule has 1 amide bonds. The van der Waals surface area contributed by atoms with Crippen LogP contribution in [0.1, 0.15) is 10.4 Å². The maximum absolute atomic E-state index is 12.1. The van der Waals surface area contributed by atoms with Crippen molar-refractivity contribution in [1.29, 1.82) is 0 Å². The number of carbonyl (C=O) groups excluding carboxylic acids is 1. The highest BCUT2D eigenvalue weighted by Gasteiger charge is 2.16. The third-order valence-electron chi connectivity index (χ3n) is 3.12. The number of benzene rings is 2. The molecule has 0 aromatic heterocycles. The van der Waals surface area contributed by atoms with E-state index in [-0.39, 0.29) is 17.8 Å². The lowest BCUT2D eigenvalue weighted by molar-refractivity contribution is 0.0943. The molecule has 1 heterocycles. The van der Waals surface area contributed by atoms with E-state index in [1.54, 1.807) is 36.4 Å². The molecule has 0 saturated carbocycles. The zero-order valence-electron chi connectivity index (χ0n) is 12.1. The van der Waals surface area contributed by atoms with Gasteiger partial charge in [0.25, 0.3) is 5.91 Å². The number of hydrogen-bond donors (Lipinski definition) is 3. The van der Waals surface area contributed by atoms with Gasteiger partial charge in [-0.15, -0.1) is 0 Å². The molecule has 0 spiro atoms. The molecule has 0 fully saturated rings. The monoisotopic (exact) mass is 383 g/mol. The fourth-order valence-electron chi connectivity index (χ4n) is 1.98. The van der Waals surface area contributed by atoms with Crippen molar-refractivity contribution >= 4 is 52.1 Å². The van der Waals surface area contributed by atoms with Crippen LogP contribution in [0.5, 0.6) is 11.5 Å². The molecular weight excluding hydrogens is 373 g/mol. The first-order valence-electron chi connectivity index (χ1n) is 6.75. The lowest BCUT2D eigenvalue weighted by atomic mass is 10.2. The van der Waals surface area contributed by atoms with E-state index in [1.165, 1.54) is 0 Å². The fraction of sp³-hybridized carbons (Fsp3) is 0.0667. The summed E-state index contributed by atoms with van der Waals surface area (Å²) in [5, 5.41) is 3.74. The number of nitrogens with one attached hydrogen (secondary N) is 3. The van der Waals surface area contributed by atoms with Crippen LogP contribution in [0.4, 0.5) is 5.69 Å². The van der Waals surface area contributed by atoms with Crippen molar-refractivity contribution in [3.8, 4) is 11.5 Å². The Hall–Kier alpha value is -2.22. The number of amides is 1. The van der Waals surface area contributed by atoms with Gasteiger partial charge in [-0.05, 0) is 42.5 Å².